The Morgan fingerprint density at radius 1 is 0.589 bits per heavy atom. The highest BCUT2D eigenvalue weighted by atomic mass is 31.2. The molecule has 0 rings (SSSR count). The van der Waals surface area contributed by atoms with Gasteiger partial charge in [-0.15, -0.1) is 4.67 Å². The molecule has 0 aromatic carbocycles. The average molecular weight is 820 g/mol. The second-order valence-electron chi connectivity index (χ2n) is 16.6. The molecule has 0 aliphatic rings. The lowest BCUT2D eigenvalue weighted by Gasteiger charge is -2.25. The maximum absolute atomic E-state index is 12.7. The van der Waals surface area contributed by atoms with Crippen LogP contribution < -0.4 is 5.26 Å². The van der Waals surface area contributed by atoms with Gasteiger partial charge in [0.15, 0.2) is 6.10 Å². The van der Waals surface area contributed by atoms with Crippen molar-refractivity contribution in [1.29, 1.82) is 0 Å². The van der Waals surface area contributed by atoms with Crippen molar-refractivity contribution in [3.8, 4) is 0 Å². The second kappa shape index (κ2) is 39.1. The predicted octanol–water partition coefficient (Wildman–Crippen LogP) is 11.8. The number of carbonyl (C=O) groups is 2. The minimum absolute atomic E-state index is 0.0714. The van der Waals surface area contributed by atoms with Crippen LogP contribution >= 0.6 is 7.82 Å². The van der Waals surface area contributed by atoms with Crippen molar-refractivity contribution in [3.63, 3.8) is 0 Å². The van der Waals surface area contributed by atoms with E-state index in [0.29, 0.717) is 23.9 Å². The maximum Gasteiger partial charge on any atom is 0.493 e. The van der Waals surface area contributed by atoms with E-state index >= 15 is 0 Å². The molecular weight excluding hydrogens is 733 g/mol. The molecule has 0 aliphatic carbocycles. The molecule has 11 nitrogen and oxygen atoms in total. The van der Waals surface area contributed by atoms with Crippen LogP contribution in [0.2, 0.25) is 0 Å². The summed E-state index contributed by atoms with van der Waals surface area (Å²) in [6.07, 6.45) is 37.7. The van der Waals surface area contributed by atoms with E-state index in [2.05, 4.69) is 30.7 Å². The Labute approximate surface area is 343 Å². The highest BCUT2D eigenvalue weighted by molar-refractivity contribution is 7.48. The van der Waals surface area contributed by atoms with E-state index in [4.69, 9.17) is 23.6 Å². The highest BCUT2D eigenvalue weighted by Crippen LogP contribution is 2.47. The molecule has 2 unspecified atom stereocenters. The van der Waals surface area contributed by atoms with Crippen LogP contribution in [0.1, 0.15) is 206 Å². The van der Waals surface area contributed by atoms with Gasteiger partial charge in [0, 0.05) is 12.8 Å². The standard InChI is InChI=1S/C44H86NO10P/c1-6-8-10-12-14-16-18-20-22-24-26-28-30-32-34-36-43(46)50-40-42(41-51-55-56(49,54-48)52-39-38-45(3,4)5)53-44(47)37-35-33-31-29-27-25-23-21-19-17-15-13-11-9-7-2/h20,22,42H,6-19,21,23-41H2,1-5H3/b22-20-. The SMILES string of the molecule is CCCCCCCC/C=C\CCCCCCCC(=O)OCC(COOP(=O)(O[O-])OCC[N+](C)(C)C)OC(=O)CCCCCCCCCCCCCCCCC. The van der Waals surface area contributed by atoms with Crippen molar-refractivity contribution >= 4 is 19.8 Å². The van der Waals surface area contributed by atoms with E-state index in [9.17, 15) is 19.4 Å². The Balaban J connectivity index is 4.44. The molecule has 0 bridgehead atoms. The van der Waals surface area contributed by atoms with Crippen LogP contribution in [0.4, 0.5) is 0 Å². The molecule has 0 fully saturated rings. The van der Waals surface area contributed by atoms with Gasteiger partial charge in [0.1, 0.15) is 26.4 Å². The lowest BCUT2D eigenvalue weighted by atomic mass is 10.0. The van der Waals surface area contributed by atoms with Crippen molar-refractivity contribution in [3.05, 3.63) is 12.2 Å². The molecule has 0 spiro atoms. The number of ether oxygens (including phenoxy) is 2. The second-order valence-corrected chi connectivity index (χ2v) is 18.0. The smallest absolute Gasteiger partial charge is 0.493 e. The van der Waals surface area contributed by atoms with Crippen LogP contribution in [0.25, 0.3) is 0 Å². The lowest BCUT2D eigenvalue weighted by molar-refractivity contribution is -0.870. The quantitative estimate of drug-likeness (QED) is 0.0111. The number of carbonyl (C=O) groups excluding carboxylic acids is 2. The average Bonchev–Trinajstić information content (AvgIpc) is 3.16. The van der Waals surface area contributed by atoms with Gasteiger partial charge in [0.25, 0.3) is 0 Å². The van der Waals surface area contributed by atoms with Crippen LogP contribution in [0, 0.1) is 0 Å². The first-order valence-corrected chi connectivity index (χ1v) is 24.2. The fraction of sp³-hybridized carbons (Fsp3) is 0.909. The van der Waals surface area contributed by atoms with Gasteiger partial charge in [0.2, 0.25) is 0 Å². The lowest BCUT2D eigenvalue weighted by Crippen LogP contribution is -2.37. The van der Waals surface area contributed by atoms with E-state index in [1.54, 1.807) is 0 Å². The van der Waals surface area contributed by atoms with Crippen molar-refractivity contribution in [2.45, 2.75) is 213 Å². The van der Waals surface area contributed by atoms with Gasteiger partial charge in [-0.05, 0) is 38.5 Å². The van der Waals surface area contributed by atoms with Gasteiger partial charge in [-0.1, -0.05) is 167 Å². The summed E-state index contributed by atoms with van der Waals surface area (Å²) >= 11 is 0. The number of allylic oxidation sites excluding steroid dienone is 2. The van der Waals surface area contributed by atoms with Gasteiger partial charge in [-0.3, -0.25) is 14.1 Å². The molecule has 0 aromatic heterocycles. The number of phosphoric acid groups is 1. The first kappa shape index (κ1) is 54.7. The molecule has 0 saturated heterocycles. The van der Waals surface area contributed by atoms with Gasteiger partial charge in [-0.2, -0.15) is 0 Å². The third-order valence-electron chi connectivity index (χ3n) is 9.86. The summed E-state index contributed by atoms with van der Waals surface area (Å²) in [7, 11) is 1.17. The molecule has 0 heterocycles. The van der Waals surface area contributed by atoms with Crippen LogP contribution in [0.15, 0.2) is 12.2 Å². The molecule has 2 atom stereocenters. The van der Waals surface area contributed by atoms with Crippen molar-refractivity contribution < 1.29 is 52.1 Å². The van der Waals surface area contributed by atoms with E-state index in [0.717, 1.165) is 51.4 Å². The molecule has 0 N–H and O–H groups in total. The van der Waals surface area contributed by atoms with Gasteiger partial charge in [-0.25, -0.2) is 9.45 Å². The van der Waals surface area contributed by atoms with Crippen LogP contribution in [-0.4, -0.2) is 70.0 Å². The van der Waals surface area contributed by atoms with Crippen molar-refractivity contribution in [1.82, 2.24) is 0 Å². The van der Waals surface area contributed by atoms with E-state index in [1.807, 2.05) is 21.1 Å². The summed E-state index contributed by atoms with van der Waals surface area (Å²) < 4.78 is 37.4. The van der Waals surface area contributed by atoms with Crippen molar-refractivity contribution in [2.75, 3.05) is 47.5 Å². The van der Waals surface area contributed by atoms with Crippen LogP contribution in [0.3, 0.4) is 0 Å². The summed E-state index contributed by atoms with van der Waals surface area (Å²) in [4.78, 5) is 30.2. The zero-order valence-corrected chi connectivity index (χ0v) is 37.6. The predicted molar refractivity (Wildman–Crippen MR) is 224 cm³/mol. The Morgan fingerprint density at radius 3 is 1.43 bits per heavy atom. The number of rotatable bonds is 43. The van der Waals surface area contributed by atoms with E-state index < -0.39 is 32.5 Å². The zero-order valence-electron chi connectivity index (χ0n) is 36.8. The number of unbranched alkanes of at least 4 members (excludes halogenated alkanes) is 25. The molecule has 56 heavy (non-hydrogen) atoms. The fourth-order valence-corrected chi connectivity index (χ4v) is 6.86. The Bertz CT molecular complexity index is 974. The monoisotopic (exact) mass is 820 g/mol. The van der Waals surface area contributed by atoms with E-state index in [-0.39, 0.29) is 26.1 Å². The van der Waals surface area contributed by atoms with Gasteiger partial charge < -0.3 is 23.9 Å². The van der Waals surface area contributed by atoms with Gasteiger partial charge in [0.05, 0.1) is 21.1 Å². The number of hydrogen-bond acceptors (Lipinski definition) is 10. The Hall–Kier alpha value is -1.33. The molecule has 332 valence electrons. The fourth-order valence-electron chi connectivity index (χ4n) is 6.25. The minimum Gasteiger partial charge on any atom is -0.714 e. The largest absolute Gasteiger partial charge is 0.714 e. The molecular formula is C44H86NO10P. The molecule has 0 saturated carbocycles. The molecule has 12 heteroatoms. The highest BCUT2D eigenvalue weighted by Gasteiger charge is 2.27. The first-order valence-electron chi connectivity index (χ1n) is 22.7. The number of quaternary nitrogens is 1. The van der Waals surface area contributed by atoms with Crippen LogP contribution in [0.5, 0.6) is 0 Å². The maximum atomic E-state index is 12.7. The minimum atomic E-state index is -4.54. The number of likely N-dealkylation sites (N-methyl/N-ethyl adjacent to an activating group) is 1. The molecule has 0 aliphatic heterocycles. The Morgan fingerprint density at radius 2 is 1.00 bits per heavy atom. The Kier molecular flexibility index (Phi) is 38.2. The number of hydrogen-bond donors (Lipinski definition) is 0. The van der Waals surface area contributed by atoms with Crippen molar-refractivity contribution in [2.24, 2.45) is 0 Å². The summed E-state index contributed by atoms with van der Waals surface area (Å²) in [5.41, 5.74) is 0. The summed E-state index contributed by atoms with van der Waals surface area (Å²) in [6, 6.07) is 0. The first-order chi connectivity index (χ1) is 27.0. The van der Waals surface area contributed by atoms with Crippen LogP contribution in [-0.2, 0) is 42.4 Å². The summed E-state index contributed by atoms with van der Waals surface area (Å²) in [5, 5.41) is 11.1. The number of esters is 2. The number of nitrogens with zero attached hydrogens (tertiary/aromatic N) is 1. The summed E-state index contributed by atoms with van der Waals surface area (Å²) in [5.74, 6) is -0.853. The third kappa shape index (κ3) is 39.5. The third-order valence-corrected chi connectivity index (χ3v) is 10.8. The molecule has 0 aromatic rings. The molecule has 0 radical (unpaired) electrons. The topological polar surface area (TPSA) is 130 Å². The van der Waals surface area contributed by atoms with E-state index in [1.165, 1.54) is 116 Å². The molecule has 0 amide bonds. The normalized spacial score (nSPS) is 13.6. The zero-order chi connectivity index (χ0) is 41.4. The van der Waals surface area contributed by atoms with Gasteiger partial charge >= 0.3 is 19.8 Å². The summed E-state index contributed by atoms with van der Waals surface area (Å²) in [6.45, 7) is 4.17.